The van der Waals surface area contributed by atoms with E-state index in [9.17, 15) is 18.3 Å². The number of benzene rings is 2. The van der Waals surface area contributed by atoms with Gasteiger partial charge in [0.05, 0.1) is 25.0 Å². The van der Waals surface area contributed by atoms with Crippen molar-refractivity contribution in [3.8, 4) is 5.75 Å². The molecule has 10 heteroatoms. The summed E-state index contributed by atoms with van der Waals surface area (Å²) in [4.78, 5) is 15.8. The van der Waals surface area contributed by atoms with E-state index < -0.39 is 27.3 Å². The van der Waals surface area contributed by atoms with Crippen LogP contribution in [-0.2, 0) is 26.6 Å². The molecule has 8 nitrogen and oxygen atoms in total. The topological polar surface area (TPSA) is 105 Å². The van der Waals surface area contributed by atoms with Gasteiger partial charge in [-0.1, -0.05) is 36.7 Å². The molecule has 1 spiro atoms. The van der Waals surface area contributed by atoms with Crippen LogP contribution in [0, 0.1) is 17.8 Å². The molecule has 1 fully saturated rings. The minimum absolute atomic E-state index is 0.0470. The molecule has 0 aromatic heterocycles. The molecular formula is C33H41ClN2O6S. The second kappa shape index (κ2) is 12.1. The number of nitrogens with zero attached hydrogens (tertiary/aromatic N) is 1. The van der Waals surface area contributed by atoms with Gasteiger partial charge in [-0.15, -0.1) is 0 Å². The summed E-state index contributed by atoms with van der Waals surface area (Å²) in [6, 6.07) is 11.3. The highest BCUT2D eigenvalue weighted by Crippen LogP contribution is 2.46. The number of methoxy groups -OCH3 is 1. The molecule has 2 aromatic rings. The van der Waals surface area contributed by atoms with Crippen molar-refractivity contribution < 1.29 is 27.8 Å². The first-order valence-electron chi connectivity index (χ1n) is 15.3. The number of aryl methyl sites for hydroxylation is 1. The van der Waals surface area contributed by atoms with Crippen molar-refractivity contribution >= 4 is 33.2 Å². The first kappa shape index (κ1) is 30.4. The largest absolute Gasteiger partial charge is 0.490 e. The van der Waals surface area contributed by atoms with E-state index in [4.69, 9.17) is 21.1 Å². The number of nitrogens with one attached hydrogen (secondary N) is 1. The first-order valence-corrected chi connectivity index (χ1v) is 17.2. The maximum Gasteiger partial charge on any atom is 0.264 e. The second-order valence-electron chi connectivity index (χ2n) is 12.9. The Kier molecular flexibility index (Phi) is 8.54. The number of halogens is 1. The van der Waals surface area contributed by atoms with Crippen molar-refractivity contribution in [1.82, 2.24) is 4.72 Å². The number of ether oxygens (including phenoxy) is 2. The second-order valence-corrected chi connectivity index (χ2v) is 15.3. The van der Waals surface area contributed by atoms with Gasteiger partial charge in [-0.25, -0.2) is 13.1 Å². The minimum atomic E-state index is -4.04. The van der Waals surface area contributed by atoms with E-state index in [1.807, 2.05) is 25.1 Å². The molecule has 6 rings (SSSR count). The van der Waals surface area contributed by atoms with Gasteiger partial charge in [-0.2, -0.15) is 0 Å². The molecule has 232 valence electrons. The molecular weight excluding hydrogens is 588 g/mol. The predicted molar refractivity (Wildman–Crippen MR) is 167 cm³/mol. The lowest BCUT2D eigenvalue weighted by Crippen LogP contribution is -2.49. The van der Waals surface area contributed by atoms with Crippen molar-refractivity contribution in [2.45, 2.75) is 62.2 Å². The highest BCUT2D eigenvalue weighted by atomic mass is 35.5. The number of carbonyl (C=O) groups excluding carboxylic acids is 1. The molecule has 2 bridgehead atoms. The van der Waals surface area contributed by atoms with Gasteiger partial charge in [0.25, 0.3) is 5.91 Å². The summed E-state index contributed by atoms with van der Waals surface area (Å²) in [6.07, 6.45) is 8.23. The molecule has 2 aliphatic carbocycles. The molecule has 1 amide bonds. The van der Waals surface area contributed by atoms with Crippen LogP contribution in [0.5, 0.6) is 5.75 Å². The Morgan fingerprint density at radius 1 is 1.19 bits per heavy atom. The van der Waals surface area contributed by atoms with E-state index in [1.165, 1.54) is 18.2 Å². The van der Waals surface area contributed by atoms with Gasteiger partial charge >= 0.3 is 0 Å². The average molecular weight is 629 g/mol. The van der Waals surface area contributed by atoms with Crippen LogP contribution in [0.15, 0.2) is 48.6 Å². The zero-order chi connectivity index (χ0) is 30.4. The molecule has 0 radical (unpaired) electrons. The Morgan fingerprint density at radius 2 is 2.02 bits per heavy atom. The predicted octanol–water partition coefficient (Wildman–Crippen LogP) is 4.87. The monoisotopic (exact) mass is 628 g/mol. The van der Waals surface area contributed by atoms with Gasteiger partial charge in [0.2, 0.25) is 10.0 Å². The Balaban J connectivity index is 1.42. The summed E-state index contributed by atoms with van der Waals surface area (Å²) in [7, 11) is -2.59. The summed E-state index contributed by atoms with van der Waals surface area (Å²) in [5, 5.41) is 11.0. The fourth-order valence-electron chi connectivity index (χ4n) is 7.49. The van der Waals surface area contributed by atoms with Crippen molar-refractivity contribution in [3.05, 3.63) is 70.3 Å². The van der Waals surface area contributed by atoms with Crippen molar-refractivity contribution in [1.29, 1.82) is 0 Å². The number of aliphatic hydroxyl groups is 1. The normalized spacial score (nSPS) is 32.8. The number of rotatable bonds is 2. The number of hydrogen-bond donors (Lipinski definition) is 2. The van der Waals surface area contributed by atoms with E-state index in [0.29, 0.717) is 25.4 Å². The van der Waals surface area contributed by atoms with Gasteiger partial charge in [0, 0.05) is 36.2 Å². The number of fused-ring (bicyclic) bond motifs is 4. The van der Waals surface area contributed by atoms with Crippen LogP contribution >= 0.6 is 11.6 Å². The number of amides is 1. The standard InChI is InChI=1S/C33H41ClN2O6S/c1-21-5-11-30(37)27-9-6-24(27)17-36-19-33(13-3-4-22-15-25(34)8-10-28(22)33)20-42-31-12-7-23(16-29(31)36)32(38)35-43(39,40)26(14-21)18-41-2/h5,7-8,10-12,15-16,21,24,26-27,30,37H,3-4,6,9,13-14,17-20H2,1-2H3,(H,35,38)/b11-5-/t21-,24+,26+,27-,30+,33+/m1/s1. The summed E-state index contributed by atoms with van der Waals surface area (Å²) in [6.45, 7) is 3.74. The SMILES string of the molecule is COC[C@@H]1C[C@H](C)/C=C\[C@H](O)[C@@H]2CC[C@H]2CN2C[C@@]3(CCCc4cc(Cl)ccc43)COc3ccc(cc32)C(=O)NS1(=O)=O. The van der Waals surface area contributed by atoms with Gasteiger partial charge in [0.15, 0.2) is 0 Å². The summed E-state index contributed by atoms with van der Waals surface area (Å²) in [5.74, 6) is 0.218. The summed E-state index contributed by atoms with van der Waals surface area (Å²) >= 11 is 6.39. The highest BCUT2D eigenvalue weighted by Gasteiger charge is 2.44. The molecule has 0 unspecified atom stereocenters. The summed E-state index contributed by atoms with van der Waals surface area (Å²) in [5.41, 5.74) is 3.25. The molecule has 6 atom stereocenters. The summed E-state index contributed by atoms with van der Waals surface area (Å²) < 4.78 is 40.8. The van der Waals surface area contributed by atoms with Crippen LogP contribution in [0.25, 0.3) is 0 Å². The molecule has 2 N–H and O–H groups in total. The number of anilines is 1. The number of aliphatic hydroxyl groups excluding tert-OH is 1. The molecule has 1 saturated carbocycles. The fourth-order valence-corrected chi connectivity index (χ4v) is 9.10. The molecule has 2 aromatic carbocycles. The lowest BCUT2D eigenvalue weighted by Gasteiger charge is -2.45. The van der Waals surface area contributed by atoms with Gasteiger partial charge in [-0.05, 0) is 97.7 Å². The highest BCUT2D eigenvalue weighted by molar-refractivity contribution is 7.90. The number of carbonyl (C=O) groups is 1. The van der Waals surface area contributed by atoms with Crippen molar-refractivity contribution in [3.63, 3.8) is 0 Å². The van der Waals surface area contributed by atoms with Crippen molar-refractivity contribution in [2.75, 3.05) is 38.3 Å². The van der Waals surface area contributed by atoms with Gasteiger partial charge in [0.1, 0.15) is 11.0 Å². The maximum absolute atomic E-state index is 13.4. The van der Waals surface area contributed by atoms with Crippen molar-refractivity contribution in [2.24, 2.45) is 17.8 Å². The zero-order valence-electron chi connectivity index (χ0n) is 24.8. The van der Waals surface area contributed by atoms with Gasteiger partial charge in [-0.3, -0.25) is 4.79 Å². The molecule has 2 aliphatic heterocycles. The van der Waals surface area contributed by atoms with E-state index in [-0.39, 0.29) is 41.8 Å². The quantitative estimate of drug-likeness (QED) is 0.457. The Morgan fingerprint density at radius 3 is 2.79 bits per heavy atom. The van der Waals surface area contributed by atoms with E-state index >= 15 is 0 Å². The molecule has 4 aliphatic rings. The Bertz CT molecular complexity index is 1510. The van der Waals surface area contributed by atoms with E-state index in [2.05, 4.69) is 21.8 Å². The maximum atomic E-state index is 13.4. The Labute approximate surface area is 259 Å². The first-order chi connectivity index (χ1) is 20.6. The van der Waals surface area contributed by atoms with Crippen LogP contribution in [0.4, 0.5) is 5.69 Å². The van der Waals surface area contributed by atoms with Crippen LogP contribution < -0.4 is 14.4 Å². The van der Waals surface area contributed by atoms with Crippen LogP contribution in [0.1, 0.15) is 60.5 Å². The number of sulfonamides is 1. The molecule has 0 saturated heterocycles. The third-order valence-electron chi connectivity index (χ3n) is 9.97. The lowest BCUT2D eigenvalue weighted by atomic mass is 9.68. The van der Waals surface area contributed by atoms with Crippen LogP contribution in [-0.4, -0.2) is 64.2 Å². The average Bonchev–Trinajstić information content (AvgIpc) is 3.10. The third kappa shape index (κ3) is 6.06. The lowest BCUT2D eigenvalue weighted by molar-refractivity contribution is 0.0454. The van der Waals surface area contributed by atoms with Gasteiger partial charge < -0.3 is 19.5 Å². The van der Waals surface area contributed by atoms with E-state index in [1.54, 1.807) is 18.2 Å². The zero-order valence-corrected chi connectivity index (χ0v) is 26.4. The molecule has 2 heterocycles. The molecule has 43 heavy (non-hydrogen) atoms. The number of hydrogen-bond acceptors (Lipinski definition) is 7. The van der Waals surface area contributed by atoms with Crippen LogP contribution in [0.2, 0.25) is 5.02 Å². The van der Waals surface area contributed by atoms with E-state index in [0.717, 1.165) is 42.8 Å². The number of allylic oxidation sites excluding steroid dienone is 1. The van der Waals surface area contributed by atoms with Crippen LogP contribution in [0.3, 0.4) is 0 Å². The third-order valence-corrected chi connectivity index (χ3v) is 11.9. The fraction of sp³-hybridized carbons (Fsp3) is 0.545. The minimum Gasteiger partial charge on any atom is -0.490 e. The Hall–Kier alpha value is -2.59. The smallest absolute Gasteiger partial charge is 0.264 e.